The van der Waals surface area contributed by atoms with Gasteiger partial charge in [-0.15, -0.1) is 0 Å². The summed E-state index contributed by atoms with van der Waals surface area (Å²) in [6, 6.07) is 12.9. The molecule has 1 fully saturated rings. The third-order valence-electron chi connectivity index (χ3n) is 6.86. The summed E-state index contributed by atoms with van der Waals surface area (Å²) < 4.78 is 16.7. The number of nitrogens with zero attached hydrogens (tertiary/aromatic N) is 3. The molecule has 2 aliphatic heterocycles. The van der Waals surface area contributed by atoms with Crippen molar-refractivity contribution in [2.75, 3.05) is 33.9 Å². The van der Waals surface area contributed by atoms with Gasteiger partial charge in [-0.05, 0) is 91.9 Å². The molecule has 0 spiro atoms. The smallest absolute Gasteiger partial charge is 0.166 e. The number of pyridine rings is 1. The standard InChI is InChI=1S/C28H33N3O3S/c1-18-12-21-15-22-17-31(10-9-20-7-8-25(32-3)26(14-20)33-4)28(29-16-23-6-5-11-34-23)35-27(22)30-24(21)13-19(18)2/h7-8,12-15,23H,5-6,9-11,16-17H2,1-4H3. The fraction of sp³-hybridized carbons (Fsp3) is 0.429. The second-order valence-corrected chi connectivity index (χ2v) is 10.3. The molecule has 1 unspecified atom stereocenters. The van der Waals surface area contributed by atoms with Gasteiger partial charge in [-0.25, -0.2) is 4.98 Å². The Kier molecular flexibility index (Phi) is 7.16. The van der Waals surface area contributed by atoms with Gasteiger partial charge < -0.3 is 19.1 Å². The lowest BCUT2D eigenvalue weighted by molar-refractivity contribution is 0.117. The Morgan fingerprint density at radius 2 is 1.91 bits per heavy atom. The first-order chi connectivity index (χ1) is 17.0. The molecule has 7 heteroatoms. The molecule has 0 bridgehead atoms. The van der Waals surface area contributed by atoms with Crippen LogP contribution in [0.1, 0.15) is 35.1 Å². The minimum Gasteiger partial charge on any atom is -0.493 e. The molecule has 2 aromatic carbocycles. The summed E-state index contributed by atoms with van der Waals surface area (Å²) in [7, 11) is 3.34. The van der Waals surface area contributed by atoms with Crippen LogP contribution < -0.4 is 9.47 Å². The van der Waals surface area contributed by atoms with Crippen LogP contribution in [-0.4, -0.2) is 55.1 Å². The van der Waals surface area contributed by atoms with Crippen LogP contribution in [0.3, 0.4) is 0 Å². The van der Waals surface area contributed by atoms with Crippen molar-refractivity contribution in [3.05, 3.63) is 58.7 Å². The fourth-order valence-corrected chi connectivity index (χ4v) is 5.66. The summed E-state index contributed by atoms with van der Waals surface area (Å²) in [5, 5.41) is 3.30. The highest BCUT2D eigenvalue weighted by Crippen LogP contribution is 2.34. The number of hydrogen-bond donors (Lipinski definition) is 0. The van der Waals surface area contributed by atoms with Crippen LogP contribution in [0, 0.1) is 13.8 Å². The van der Waals surface area contributed by atoms with E-state index in [0.29, 0.717) is 6.54 Å². The van der Waals surface area contributed by atoms with E-state index in [2.05, 4.69) is 49.1 Å². The minimum atomic E-state index is 0.229. The summed E-state index contributed by atoms with van der Waals surface area (Å²) in [4.78, 5) is 12.4. The monoisotopic (exact) mass is 491 g/mol. The quantitative estimate of drug-likeness (QED) is 0.432. The van der Waals surface area contributed by atoms with Gasteiger partial charge >= 0.3 is 0 Å². The van der Waals surface area contributed by atoms with E-state index in [9.17, 15) is 0 Å². The van der Waals surface area contributed by atoms with E-state index in [4.69, 9.17) is 24.2 Å². The topological polar surface area (TPSA) is 56.2 Å². The highest BCUT2D eigenvalue weighted by Gasteiger charge is 2.25. The number of ether oxygens (including phenoxy) is 3. The maximum absolute atomic E-state index is 5.83. The molecular formula is C28H33N3O3S. The predicted octanol–water partition coefficient (Wildman–Crippen LogP) is 5.55. The molecule has 184 valence electrons. The molecule has 1 atom stereocenters. The Morgan fingerprint density at radius 3 is 2.69 bits per heavy atom. The molecule has 5 rings (SSSR count). The van der Waals surface area contributed by atoms with Crippen molar-refractivity contribution >= 4 is 27.8 Å². The molecule has 35 heavy (non-hydrogen) atoms. The Labute approximate surface area is 211 Å². The highest BCUT2D eigenvalue weighted by molar-refractivity contribution is 8.13. The molecule has 1 aromatic heterocycles. The number of rotatable bonds is 7. The number of thioether (sulfide) groups is 1. The van der Waals surface area contributed by atoms with Crippen molar-refractivity contribution in [1.29, 1.82) is 0 Å². The molecule has 0 aliphatic carbocycles. The van der Waals surface area contributed by atoms with Gasteiger partial charge in [0.15, 0.2) is 16.7 Å². The van der Waals surface area contributed by atoms with Crippen LogP contribution in [0.15, 0.2) is 46.4 Å². The Morgan fingerprint density at radius 1 is 1.09 bits per heavy atom. The molecule has 0 saturated carbocycles. The summed E-state index contributed by atoms with van der Waals surface area (Å²) in [6.07, 6.45) is 3.33. The fourth-order valence-electron chi connectivity index (χ4n) is 4.67. The van der Waals surface area contributed by atoms with Crippen molar-refractivity contribution in [1.82, 2.24) is 9.88 Å². The predicted molar refractivity (Wildman–Crippen MR) is 142 cm³/mol. The first-order valence-electron chi connectivity index (χ1n) is 12.2. The van der Waals surface area contributed by atoms with E-state index in [1.807, 2.05) is 6.07 Å². The Bertz CT molecular complexity index is 1250. The van der Waals surface area contributed by atoms with E-state index >= 15 is 0 Å². The zero-order valence-electron chi connectivity index (χ0n) is 21.0. The summed E-state index contributed by atoms with van der Waals surface area (Å²) in [5.74, 6) is 1.51. The van der Waals surface area contributed by atoms with E-state index in [1.54, 1.807) is 26.0 Å². The molecule has 2 aliphatic rings. The van der Waals surface area contributed by atoms with Crippen LogP contribution in [0.4, 0.5) is 0 Å². The summed E-state index contributed by atoms with van der Waals surface area (Å²) in [6.45, 7) is 7.52. The molecule has 0 amide bonds. The zero-order chi connectivity index (χ0) is 24.4. The number of hydrogen-bond acceptors (Lipinski definition) is 6. The van der Waals surface area contributed by atoms with Gasteiger partial charge in [-0.3, -0.25) is 4.99 Å². The van der Waals surface area contributed by atoms with Crippen LogP contribution in [0.5, 0.6) is 11.5 Å². The van der Waals surface area contributed by atoms with Crippen LogP contribution in [-0.2, 0) is 17.7 Å². The van der Waals surface area contributed by atoms with Crippen LogP contribution >= 0.6 is 11.8 Å². The minimum absolute atomic E-state index is 0.229. The van der Waals surface area contributed by atoms with Gasteiger partial charge in [0, 0.05) is 30.6 Å². The molecule has 3 heterocycles. The first-order valence-corrected chi connectivity index (χ1v) is 13.1. The van der Waals surface area contributed by atoms with Gasteiger partial charge in [-0.1, -0.05) is 6.07 Å². The maximum Gasteiger partial charge on any atom is 0.166 e. The number of benzene rings is 2. The average molecular weight is 492 g/mol. The van der Waals surface area contributed by atoms with Gasteiger partial charge in [0.25, 0.3) is 0 Å². The number of amidine groups is 1. The lowest BCUT2D eigenvalue weighted by atomic mass is 10.0. The zero-order valence-corrected chi connectivity index (χ0v) is 21.8. The normalized spacial score (nSPS) is 18.8. The van der Waals surface area contributed by atoms with Crippen LogP contribution in [0.2, 0.25) is 0 Å². The van der Waals surface area contributed by atoms with Gasteiger partial charge in [0.05, 0.1) is 32.4 Å². The average Bonchev–Trinajstić information content (AvgIpc) is 3.39. The molecule has 0 N–H and O–H groups in total. The third-order valence-corrected chi connectivity index (χ3v) is 7.98. The Balaban J connectivity index is 1.41. The van der Waals surface area contributed by atoms with Gasteiger partial charge in [-0.2, -0.15) is 0 Å². The van der Waals surface area contributed by atoms with Crippen molar-refractivity contribution in [2.45, 2.75) is 50.8 Å². The maximum atomic E-state index is 5.83. The molecule has 3 aromatic rings. The second kappa shape index (κ2) is 10.5. The number of aliphatic imine (C=N–C) groups is 1. The molecular weight excluding hydrogens is 458 g/mol. The summed E-state index contributed by atoms with van der Waals surface area (Å²) >= 11 is 1.69. The lowest BCUT2D eigenvalue weighted by Gasteiger charge is -2.31. The number of aromatic nitrogens is 1. The highest BCUT2D eigenvalue weighted by atomic mass is 32.2. The molecule has 1 saturated heterocycles. The first kappa shape index (κ1) is 23.9. The largest absolute Gasteiger partial charge is 0.493 e. The Hall–Kier alpha value is -2.77. The third kappa shape index (κ3) is 5.26. The second-order valence-electron chi connectivity index (χ2n) is 9.30. The summed E-state index contributed by atoms with van der Waals surface area (Å²) in [5.41, 5.74) is 6.09. The molecule has 6 nitrogen and oxygen atoms in total. The van der Waals surface area contributed by atoms with E-state index in [-0.39, 0.29) is 6.10 Å². The number of aryl methyl sites for hydroxylation is 2. The van der Waals surface area contributed by atoms with E-state index in [0.717, 1.165) is 66.2 Å². The van der Waals surface area contributed by atoms with E-state index in [1.165, 1.54) is 27.6 Å². The lowest BCUT2D eigenvalue weighted by Crippen LogP contribution is -2.34. The van der Waals surface area contributed by atoms with Gasteiger partial charge in [0.2, 0.25) is 0 Å². The van der Waals surface area contributed by atoms with Crippen molar-refractivity contribution in [3.63, 3.8) is 0 Å². The molecule has 0 radical (unpaired) electrons. The number of methoxy groups -OCH3 is 2. The van der Waals surface area contributed by atoms with Crippen LogP contribution in [0.25, 0.3) is 10.9 Å². The number of fused-ring (bicyclic) bond motifs is 2. The van der Waals surface area contributed by atoms with Crippen molar-refractivity contribution in [3.8, 4) is 11.5 Å². The van der Waals surface area contributed by atoms with Crippen molar-refractivity contribution < 1.29 is 14.2 Å². The van der Waals surface area contributed by atoms with Gasteiger partial charge in [0.1, 0.15) is 5.03 Å². The van der Waals surface area contributed by atoms with E-state index < -0.39 is 0 Å². The van der Waals surface area contributed by atoms with Crippen molar-refractivity contribution in [2.24, 2.45) is 4.99 Å². The SMILES string of the molecule is COc1ccc(CCN2Cc3cc4cc(C)c(C)cc4nc3SC2=NCC2CCCO2)cc1OC.